The highest BCUT2D eigenvalue weighted by Gasteiger charge is 2.13. The lowest BCUT2D eigenvalue weighted by Gasteiger charge is -2.19. The van der Waals surface area contributed by atoms with Crippen molar-refractivity contribution in [2.24, 2.45) is 0 Å². The molecule has 106 valence electrons. The van der Waals surface area contributed by atoms with Gasteiger partial charge in [0.1, 0.15) is 0 Å². The van der Waals surface area contributed by atoms with E-state index in [0.717, 1.165) is 5.56 Å². The van der Waals surface area contributed by atoms with Crippen LogP contribution in [0.2, 0.25) is 0 Å². The largest absolute Gasteiger partial charge is 0.481 e. The third kappa shape index (κ3) is 3.44. The Morgan fingerprint density at radius 2 is 1.90 bits per heavy atom. The summed E-state index contributed by atoms with van der Waals surface area (Å²) in [7, 11) is 0. The van der Waals surface area contributed by atoms with Gasteiger partial charge in [0.05, 0.1) is 24.9 Å². The van der Waals surface area contributed by atoms with Gasteiger partial charge in [-0.2, -0.15) is 0 Å². The van der Waals surface area contributed by atoms with E-state index in [9.17, 15) is 4.79 Å². The minimum absolute atomic E-state index is 0.0624. The van der Waals surface area contributed by atoms with Crippen LogP contribution in [0.5, 0.6) is 0 Å². The van der Waals surface area contributed by atoms with Crippen LogP contribution in [0.15, 0.2) is 30.5 Å². The summed E-state index contributed by atoms with van der Waals surface area (Å²) in [5.41, 5.74) is 3.08. The van der Waals surface area contributed by atoms with Crippen molar-refractivity contribution < 1.29 is 9.90 Å². The van der Waals surface area contributed by atoms with E-state index in [2.05, 4.69) is 43.2 Å². The van der Waals surface area contributed by atoms with E-state index < -0.39 is 5.97 Å². The summed E-state index contributed by atoms with van der Waals surface area (Å²) in [6.45, 7) is 7.05. The molecule has 0 unspecified atom stereocenters. The number of aliphatic carboxylic acids is 1. The summed E-state index contributed by atoms with van der Waals surface area (Å²) < 4.78 is 1.63. The SMILES string of the molecule is CC(C)(C)c1ccc(Cn2nncc2CC(=O)O)cc1. The Morgan fingerprint density at radius 1 is 1.25 bits per heavy atom. The number of hydrogen-bond acceptors (Lipinski definition) is 3. The molecule has 0 spiro atoms. The summed E-state index contributed by atoms with van der Waals surface area (Å²) in [5, 5.41) is 16.5. The van der Waals surface area contributed by atoms with Gasteiger partial charge >= 0.3 is 5.97 Å². The first-order valence-electron chi connectivity index (χ1n) is 6.55. The van der Waals surface area contributed by atoms with E-state index in [1.54, 1.807) is 4.68 Å². The third-order valence-electron chi connectivity index (χ3n) is 3.18. The van der Waals surface area contributed by atoms with E-state index in [1.165, 1.54) is 11.8 Å². The topological polar surface area (TPSA) is 68.0 Å². The molecule has 0 aliphatic carbocycles. The van der Waals surface area contributed by atoms with Crippen LogP contribution in [0.25, 0.3) is 0 Å². The molecule has 0 aliphatic rings. The van der Waals surface area contributed by atoms with E-state index in [0.29, 0.717) is 12.2 Å². The van der Waals surface area contributed by atoms with Gasteiger partial charge in [0.15, 0.2) is 0 Å². The molecule has 1 N–H and O–H groups in total. The number of benzene rings is 1. The highest BCUT2D eigenvalue weighted by atomic mass is 16.4. The molecule has 0 amide bonds. The Morgan fingerprint density at radius 3 is 2.45 bits per heavy atom. The monoisotopic (exact) mass is 273 g/mol. The molecule has 0 saturated carbocycles. The van der Waals surface area contributed by atoms with E-state index in [1.807, 2.05) is 12.1 Å². The molecule has 5 heteroatoms. The summed E-state index contributed by atoms with van der Waals surface area (Å²) >= 11 is 0. The lowest BCUT2D eigenvalue weighted by molar-refractivity contribution is -0.136. The number of rotatable bonds is 4. The van der Waals surface area contributed by atoms with Gasteiger partial charge in [0, 0.05) is 0 Å². The number of hydrogen-bond donors (Lipinski definition) is 1. The van der Waals surface area contributed by atoms with E-state index in [4.69, 9.17) is 5.11 Å². The van der Waals surface area contributed by atoms with E-state index >= 15 is 0 Å². The van der Waals surface area contributed by atoms with E-state index in [-0.39, 0.29) is 11.8 Å². The molecule has 2 aromatic rings. The molecular weight excluding hydrogens is 254 g/mol. The number of nitrogens with zero attached hydrogens (tertiary/aromatic N) is 3. The fourth-order valence-corrected chi connectivity index (χ4v) is 1.99. The van der Waals surface area contributed by atoms with Crippen molar-refractivity contribution in [3.05, 3.63) is 47.3 Å². The normalized spacial score (nSPS) is 11.6. The molecule has 1 aromatic heterocycles. The van der Waals surface area contributed by atoms with Crippen LogP contribution in [0.1, 0.15) is 37.6 Å². The molecule has 1 aromatic carbocycles. The van der Waals surface area contributed by atoms with Gasteiger partial charge in [0.25, 0.3) is 0 Å². The molecule has 0 aliphatic heterocycles. The molecule has 5 nitrogen and oxygen atoms in total. The predicted octanol–water partition coefficient (Wildman–Crippen LogP) is 2.25. The van der Waals surface area contributed by atoms with Crippen LogP contribution in [0.4, 0.5) is 0 Å². The molecule has 1 heterocycles. The van der Waals surface area contributed by atoms with Crippen molar-refractivity contribution in [2.75, 3.05) is 0 Å². The summed E-state index contributed by atoms with van der Waals surface area (Å²) in [6, 6.07) is 8.30. The van der Waals surface area contributed by atoms with Gasteiger partial charge in [-0.05, 0) is 16.5 Å². The lowest BCUT2D eigenvalue weighted by Crippen LogP contribution is -2.12. The second-order valence-corrected chi connectivity index (χ2v) is 5.90. The van der Waals surface area contributed by atoms with Crippen molar-refractivity contribution in [2.45, 2.75) is 39.2 Å². The molecule has 20 heavy (non-hydrogen) atoms. The minimum atomic E-state index is -0.878. The maximum Gasteiger partial charge on any atom is 0.309 e. The van der Waals surface area contributed by atoms with Crippen LogP contribution >= 0.6 is 0 Å². The van der Waals surface area contributed by atoms with Crippen LogP contribution in [0.3, 0.4) is 0 Å². The highest BCUT2D eigenvalue weighted by Crippen LogP contribution is 2.22. The van der Waals surface area contributed by atoms with Crippen molar-refractivity contribution in [1.82, 2.24) is 15.0 Å². The number of aromatic nitrogens is 3. The summed E-state index contributed by atoms with van der Waals surface area (Å²) in [4.78, 5) is 10.8. The zero-order valence-corrected chi connectivity index (χ0v) is 12.0. The molecule has 0 fully saturated rings. The first-order valence-corrected chi connectivity index (χ1v) is 6.55. The van der Waals surface area contributed by atoms with Crippen molar-refractivity contribution >= 4 is 5.97 Å². The predicted molar refractivity (Wildman–Crippen MR) is 75.6 cm³/mol. The van der Waals surface area contributed by atoms with Crippen LogP contribution < -0.4 is 0 Å². The second-order valence-electron chi connectivity index (χ2n) is 5.90. The van der Waals surface area contributed by atoms with Crippen LogP contribution in [-0.2, 0) is 23.2 Å². The molecule has 0 bridgehead atoms. The Balaban J connectivity index is 2.15. The third-order valence-corrected chi connectivity index (χ3v) is 3.18. The van der Waals surface area contributed by atoms with Gasteiger partial charge in [-0.1, -0.05) is 50.3 Å². The molecule has 2 rings (SSSR count). The minimum Gasteiger partial charge on any atom is -0.481 e. The quantitative estimate of drug-likeness (QED) is 0.927. The highest BCUT2D eigenvalue weighted by molar-refractivity contribution is 5.69. The maximum atomic E-state index is 10.8. The zero-order chi connectivity index (χ0) is 14.8. The van der Waals surface area contributed by atoms with Crippen molar-refractivity contribution in [1.29, 1.82) is 0 Å². The van der Waals surface area contributed by atoms with Gasteiger partial charge in [0.2, 0.25) is 0 Å². The van der Waals surface area contributed by atoms with Crippen molar-refractivity contribution in [3.8, 4) is 0 Å². The Bertz CT molecular complexity index is 594. The molecule has 0 atom stereocenters. The molecule has 0 radical (unpaired) electrons. The lowest BCUT2D eigenvalue weighted by atomic mass is 9.87. The second kappa shape index (κ2) is 5.45. The van der Waals surface area contributed by atoms with Gasteiger partial charge in [-0.15, -0.1) is 5.10 Å². The number of carbonyl (C=O) groups is 1. The van der Waals surface area contributed by atoms with Crippen LogP contribution in [-0.4, -0.2) is 26.1 Å². The fraction of sp³-hybridized carbons (Fsp3) is 0.400. The Kier molecular flexibility index (Phi) is 3.88. The van der Waals surface area contributed by atoms with Gasteiger partial charge < -0.3 is 5.11 Å². The smallest absolute Gasteiger partial charge is 0.309 e. The standard InChI is InChI=1S/C15H19N3O2/c1-15(2,3)12-6-4-11(5-7-12)10-18-13(8-14(19)20)9-16-17-18/h4-7,9H,8,10H2,1-3H3,(H,19,20). The maximum absolute atomic E-state index is 10.8. The average Bonchev–Trinajstić information content (AvgIpc) is 2.75. The first-order chi connectivity index (χ1) is 9.36. The fourth-order valence-electron chi connectivity index (χ4n) is 1.99. The van der Waals surface area contributed by atoms with Crippen LogP contribution in [0, 0.1) is 0 Å². The Labute approximate surface area is 118 Å². The number of carboxylic acid groups (broad SMARTS) is 1. The molecular formula is C15H19N3O2. The Hall–Kier alpha value is -2.17. The van der Waals surface area contributed by atoms with Gasteiger partial charge in [-0.25, -0.2) is 4.68 Å². The van der Waals surface area contributed by atoms with Gasteiger partial charge in [-0.3, -0.25) is 4.79 Å². The first kappa shape index (κ1) is 14.2. The zero-order valence-electron chi connectivity index (χ0n) is 12.0. The summed E-state index contributed by atoms with van der Waals surface area (Å²) in [5.74, 6) is -0.878. The summed E-state index contributed by atoms with van der Waals surface area (Å²) in [6.07, 6.45) is 1.44. The average molecular weight is 273 g/mol. The molecule has 0 saturated heterocycles. The number of carboxylic acids is 1. The van der Waals surface area contributed by atoms with Crippen molar-refractivity contribution in [3.63, 3.8) is 0 Å².